The standard InChI is InChI=1S/C17H25NO6S3/c1-13(2)14-3-5-17(6-4-14)27(23,24)18(15-7-9-25(19,20)11-15)16-8-10-26(21,22)12-16/h3-6,13,15-16H,7-12H2,1-2H3/t15-,16+. The molecule has 2 heterocycles. The topological polar surface area (TPSA) is 106 Å². The summed E-state index contributed by atoms with van der Waals surface area (Å²) in [5, 5.41) is 0. The average molecular weight is 436 g/mol. The molecule has 0 saturated carbocycles. The molecule has 7 nitrogen and oxygen atoms in total. The summed E-state index contributed by atoms with van der Waals surface area (Å²) in [6, 6.07) is 5.08. The predicted octanol–water partition coefficient (Wildman–Crippen LogP) is 1.17. The van der Waals surface area contributed by atoms with Gasteiger partial charge in [0.1, 0.15) is 0 Å². The van der Waals surface area contributed by atoms with Crippen molar-refractivity contribution in [3.63, 3.8) is 0 Å². The molecule has 0 amide bonds. The summed E-state index contributed by atoms with van der Waals surface area (Å²) in [5.41, 5.74) is 0.993. The second-order valence-electron chi connectivity index (χ2n) is 7.67. The minimum Gasteiger partial charge on any atom is -0.229 e. The second-order valence-corrected chi connectivity index (χ2v) is 14.0. The molecule has 1 aromatic carbocycles. The van der Waals surface area contributed by atoms with Crippen LogP contribution >= 0.6 is 0 Å². The molecule has 2 atom stereocenters. The summed E-state index contributed by atoms with van der Waals surface area (Å²) in [6.45, 7) is 4.01. The van der Waals surface area contributed by atoms with E-state index in [0.29, 0.717) is 0 Å². The van der Waals surface area contributed by atoms with Gasteiger partial charge in [0.15, 0.2) is 19.7 Å². The third-order valence-electron chi connectivity index (χ3n) is 5.26. The van der Waals surface area contributed by atoms with Gasteiger partial charge in [-0.3, -0.25) is 0 Å². The Labute approximate surface area is 161 Å². The van der Waals surface area contributed by atoms with Gasteiger partial charge >= 0.3 is 0 Å². The molecule has 2 aliphatic heterocycles. The van der Waals surface area contributed by atoms with Crippen molar-refractivity contribution < 1.29 is 25.3 Å². The van der Waals surface area contributed by atoms with Crippen molar-refractivity contribution in [1.29, 1.82) is 0 Å². The maximum atomic E-state index is 13.3. The Morgan fingerprint density at radius 3 is 1.67 bits per heavy atom. The lowest BCUT2D eigenvalue weighted by atomic mass is 10.0. The van der Waals surface area contributed by atoms with E-state index in [1.54, 1.807) is 12.1 Å². The molecule has 2 aliphatic rings. The number of rotatable bonds is 5. The minimum absolute atomic E-state index is 0.0699. The van der Waals surface area contributed by atoms with Crippen LogP contribution in [-0.4, -0.2) is 64.7 Å². The third kappa shape index (κ3) is 4.38. The summed E-state index contributed by atoms with van der Waals surface area (Å²) in [4.78, 5) is 0.0699. The fourth-order valence-corrected chi connectivity index (χ4v) is 9.27. The van der Waals surface area contributed by atoms with Crippen LogP contribution in [0, 0.1) is 0 Å². The number of sulfonamides is 1. The van der Waals surface area contributed by atoms with Crippen LogP contribution in [0.2, 0.25) is 0 Å². The van der Waals surface area contributed by atoms with Gasteiger partial charge in [-0.05, 0) is 36.5 Å². The zero-order chi connectivity index (χ0) is 20.0. The van der Waals surface area contributed by atoms with Crippen LogP contribution in [0.1, 0.15) is 38.2 Å². The Morgan fingerprint density at radius 2 is 1.33 bits per heavy atom. The van der Waals surface area contributed by atoms with Gasteiger partial charge in [0.2, 0.25) is 10.0 Å². The number of benzene rings is 1. The molecule has 152 valence electrons. The molecule has 0 aliphatic carbocycles. The Hall–Kier alpha value is -0.970. The maximum Gasteiger partial charge on any atom is 0.243 e. The van der Waals surface area contributed by atoms with Crippen LogP contribution in [-0.2, 0) is 29.7 Å². The Morgan fingerprint density at radius 1 is 0.889 bits per heavy atom. The molecule has 0 N–H and O–H groups in total. The number of hydrogen-bond donors (Lipinski definition) is 0. The molecule has 1 aromatic rings. The van der Waals surface area contributed by atoms with E-state index in [1.165, 1.54) is 16.4 Å². The quantitative estimate of drug-likeness (QED) is 0.687. The van der Waals surface area contributed by atoms with Crippen molar-refractivity contribution in [3.8, 4) is 0 Å². The first kappa shape index (κ1) is 20.8. The first-order valence-electron chi connectivity index (χ1n) is 8.96. The molecular formula is C17H25NO6S3. The van der Waals surface area contributed by atoms with Crippen molar-refractivity contribution in [2.75, 3.05) is 23.0 Å². The lowest BCUT2D eigenvalue weighted by molar-refractivity contribution is 0.280. The molecule has 2 saturated heterocycles. The van der Waals surface area contributed by atoms with E-state index in [4.69, 9.17) is 0 Å². The van der Waals surface area contributed by atoms with Gasteiger partial charge in [-0.2, -0.15) is 4.31 Å². The second kappa shape index (κ2) is 7.13. The molecule has 2 fully saturated rings. The van der Waals surface area contributed by atoms with Gasteiger partial charge in [-0.15, -0.1) is 0 Å². The summed E-state index contributed by atoms with van der Waals surface area (Å²) in [5.74, 6) is -0.414. The van der Waals surface area contributed by atoms with Crippen LogP contribution in [0.5, 0.6) is 0 Å². The predicted molar refractivity (Wildman–Crippen MR) is 104 cm³/mol. The van der Waals surface area contributed by atoms with Crippen LogP contribution in [0.3, 0.4) is 0 Å². The molecule has 0 aromatic heterocycles. The van der Waals surface area contributed by atoms with E-state index in [-0.39, 0.29) is 46.7 Å². The van der Waals surface area contributed by atoms with Gasteiger partial charge in [-0.1, -0.05) is 26.0 Å². The molecule has 0 radical (unpaired) electrons. The first-order valence-corrected chi connectivity index (χ1v) is 14.0. The molecule has 0 spiro atoms. The largest absolute Gasteiger partial charge is 0.243 e. The third-order valence-corrected chi connectivity index (χ3v) is 10.8. The highest BCUT2D eigenvalue weighted by molar-refractivity contribution is 7.92. The van der Waals surface area contributed by atoms with E-state index < -0.39 is 41.8 Å². The molecule has 0 unspecified atom stereocenters. The fourth-order valence-electron chi connectivity index (χ4n) is 3.79. The van der Waals surface area contributed by atoms with Gasteiger partial charge in [0.05, 0.1) is 27.9 Å². The van der Waals surface area contributed by atoms with Crippen molar-refractivity contribution in [1.82, 2.24) is 4.31 Å². The highest BCUT2D eigenvalue weighted by Crippen LogP contribution is 2.32. The highest BCUT2D eigenvalue weighted by Gasteiger charge is 2.45. The van der Waals surface area contributed by atoms with Crippen LogP contribution in [0.4, 0.5) is 0 Å². The van der Waals surface area contributed by atoms with E-state index in [9.17, 15) is 25.3 Å². The molecule has 10 heteroatoms. The Kier molecular flexibility index (Phi) is 5.48. The summed E-state index contributed by atoms with van der Waals surface area (Å²) >= 11 is 0. The fraction of sp³-hybridized carbons (Fsp3) is 0.647. The lowest BCUT2D eigenvalue weighted by Crippen LogP contribution is -2.48. The van der Waals surface area contributed by atoms with Gasteiger partial charge in [0.25, 0.3) is 0 Å². The number of hydrogen-bond acceptors (Lipinski definition) is 6. The van der Waals surface area contributed by atoms with E-state index in [1.807, 2.05) is 13.8 Å². The minimum atomic E-state index is -4.01. The Bertz CT molecular complexity index is 967. The van der Waals surface area contributed by atoms with Gasteiger partial charge < -0.3 is 0 Å². The average Bonchev–Trinajstić information content (AvgIpc) is 3.09. The van der Waals surface area contributed by atoms with Crippen LogP contribution < -0.4 is 0 Å². The molecule has 27 heavy (non-hydrogen) atoms. The van der Waals surface area contributed by atoms with Crippen molar-refractivity contribution >= 4 is 29.7 Å². The molecule has 3 rings (SSSR count). The zero-order valence-electron chi connectivity index (χ0n) is 15.4. The number of nitrogens with zero attached hydrogens (tertiary/aromatic N) is 1. The van der Waals surface area contributed by atoms with E-state index in [0.717, 1.165) is 5.56 Å². The van der Waals surface area contributed by atoms with Gasteiger partial charge in [0, 0.05) is 12.1 Å². The Balaban J connectivity index is 2.01. The maximum absolute atomic E-state index is 13.3. The van der Waals surface area contributed by atoms with Gasteiger partial charge in [-0.25, -0.2) is 25.3 Å². The van der Waals surface area contributed by atoms with Crippen molar-refractivity contribution in [2.24, 2.45) is 0 Å². The van der Waals surface area contributed by atoms with E-state index in [2.05, 4.69) is 0 Å². The van der Waals surface area contributed by atoms with E-state index >= 15 is 0 Å². The van der Waals surface area contributed by atoms with Crippen molar-refractivity contribution in [3.05, 3.63) is 29.8 Å². The zero-order valence-corrected chi connectivity index (χ0v) is 17.9. The normalized spacial score (nSPS) is 27.4. The SMILES string of the molecule is CC(C)c1ccc(S(=O)(=O)N([C@@H]2CCS(=O)(=O)C2)[C@H]2CCS(=O)(=O)C2)cc1. The summed E-state index contributed by atoms with van der Waals surface area (Å²) in [6.07, 6.45) is 0.393. The molecular weight excluding hydrogens is 410 g/mol. The smallest absolute Gasteiger partial charge is 0.229 e. The lowest BCUT2D eigenvalue weighted by Gasteiger charge is -2.32. The number of sulfone groups is 2. The van der Waals surface area contributed by atoms with Crippen LogP contribution in [0.25, 0.3) is 0 Å². The molecule has 0 bridgehead atoms. The van der Waals surface area contributed by atoms with Crippen LogP contribution in [0.15, 0.2) is 29.2 Å². The summed E-state index contributed by atoms with van der Waals surface area (Å²) in [7, 11) is -10.6. The monoisotopic (exact) mass is 435 g/mol. The summed E-state index contributed by atoms with van der Waals surface area (Å²) < 4.78 is 75.6. The highest BCUT2D eigenvalue weighted by atomic mass is 32.2. The van der Waals surface area contributed by atoms with Crippen molar-refractivity contribution in [2.45, 2.75) is 49.6 Å². The first-order chi connectivity index (χ1) is 12.4.